The Labute approximate surface area is 135 Å². The van der Waals surface area contributed by atoms with E-state index in [2.05, 4.69) is 34.4 Å². The first-order valence-corrected chi connectivity index (χ1v) is 7.74. The Morgan fingerprint density at radius 3 is 2.87 bits per heavy atom. The van der Waals surface area contributed by atoms with Crippen molar-refractivity contribution in [3.8, 4) is 0 Å². The third-order valence-electron chi connectivity index (χ3n) is 3.21. The minimum absolute atomic E-state index is 0.0379. The average Bonchev–Trinajstić information content (AvgIpc) is 3.10. The molecule has 2 heterocycles. The van der Waals surface area contributed by atoms with Crippen molar-refractivity contribution in [3.63, 3.8) is 0 Å². The van der Waals surface area contributed by atoms with Crippen LogP contribution in [0.2, 0.25) is 0 Å². The summed E-state index contributed by atoms with van der Waals surface area (Å²) in [4.78, 5) is 18.0. The van der Waals surface area contributed by atoms with Crippen LogP contribution in [0.25, 0.3) is 0 Å². The minimum Gasteiger partial charge on any atom is -0.337 e. The summed E-state index contributed by atoms with van der Waals surface area (Å²) in [7, 11) is 1.70. The highest BCUT2D eigenvalue weighted by Gasteiger charge is 2.16. The smallest absolute Gasteiger partial charge is 0.317 e. The lowest BCUT2D eigenvalue weighted by Crippen LogP contribution is -2.43. The minimum atomic E-state index is -0.187. The molecule has 0 saturated carbocycles. The van der Waals surface area contributed by atoms with Crippen LogP contribution >= 0.6 is 0 Å². The van der Waals surface area contributed by atoms with E-state index in [9.17, 15) is 4.79 Å². The molecule has 0 aliphatic carbocycles. The lowest BCUT2D eigenvalue weighted by molar-refractivity contribution is 0.195. The van der Waals surface area contributed by atoms with Gasteiger partial charge in [0.15, 0.2) is 5.82 Å². The molecule has 0 radical (unpaired) electrons. The molecule has 0 aliphatic rings. The second kappa shape index (κ2) is 7.75. The number of hydrogen-bond donors (Lipinski definition) is 1. The van der Waals surface area contributed by atoms with Gasteiger partial charge in [-0.15, -0.1) is 0 Å². The molecular weight excluding hydrogens is 296 g/mol. The second-order valence-corrected chi connectivity index (χ2v) is 6.14. The SMILES string of the molecule is CC(C)Cc1noc(CN(C)C(=O)NC(C)Cn2cccn2)n1. The van der Waals surface area contributed by atoms with E-state index < -0.39 is 0 Å². The molecule has 8 heteroatoms. The van der Waals surface area contributed by atoms with Crippen molar-refractivity contribution in [2.24, 2.45) is 5.92 Å². The molecule has 126 valence electrons. The highest BCUT2D eigenvalue weighted by Crippen LogP contribution is 2.06. The molecule has 2 rings (SSSR count). The topological polar surface area (TPSA) is 89.1 Å². The van der Waals surface area contributed by atoms with Crippen LogP contribution in [0, 0.1) is 5.92 Å². The Balaban J connectivity index is 1.81. The lowest BCUT2D eigenvalue weighted by atomic mass is 10.1. The summed E-state index contributed by atoms with van der Waals surface area (Å²) in [6.45, 7) is 7.02. The fraction of sp³-hybridized carbons (Fsp3) is 0.600. The molecule has 0 bridgehead atoms. The second-order valence-electron chi connectivity index (χ2n) is 6.14. The first kappa shape index (κ1) is 17.0. The molecule has 1 unspecified atom stereocenters. The third-order valence-corrected chi connectivity index (χ3v) is 3.21. The van der Waals surface area contributed by atoms with Crippen LogP contribution < -0.4 is 5.32 Å². The zero-order valence-corrected chi connectivity index (χ0v) is 14.1. The third kappa shape index (κ3) is 5.39. The van der Waals surface area contributed by atoms with E-state index in [0.29, 0.717) is 24.2 Å². The van der Waals surface area contributed by atoms with E-state index in [1.807, 2.05) is 19.2 Å². The summed E-state index contributed by atoms with van der Waals surface area (Å²) in [5.74, 6) is 1.58. The Hall–Kier alpha value is -2.38. The Morgan fingerprint density at radius 1 is 1.43 bits per heavy atom. The van der Waals surface area contributed by atoms with Gasteiger partial charge in [0.1, 0.15) is 6.54 Å². The normalized spacial score (nSPS) is 12.4. The Kier molecular flexibility index (Phi) is 5.72. The number of carbonyl (C=O) groups excluding carboxylic acids is 1. The highest BCUT2D eigenvalue weighted by molar-refractivity contribution is 5.74. The van der Waals surface area contributed by atoms with Crippen molar-refractivity contribution in [2.75, 3.05) is 7.05 Å². The van der Waals surface area contributed by atoms with Gasteiger partial charge in [0.2, 0.25) is 5.89 Å². The maximum Gasteiger partial charge on any atom is 0.317 e. The zero-order valence-electron chi connectivity index (χ0n) is 14.1. The average molecular weight is 320 g/mol. The standard InChI is InChI=1S/C15H24N6O2/c1-11(2)8-13-18-14(23-19-13)10-20(4)15(22)17-12(3)9-21-7-5-6-16-21/h5-7,11-12H,8-10H2,1-4H3,(H,17,22). The molecule has 2 aromatic rings. The van der Waals surface area contributed by atoms with Crippen LogP contribution in [0.3, 0.4) is 0 Å². The predicted molar refractivity (Wildman–Crippen MR) is 84.5 cm³/mol. The van der Waals surface area contributed by atoms with Gasteiger partial charge in [-0.25, -0.2) is 4.79 Å². The summed E-state index contributed by atoms with van der Waals surface area (Å²) in [5, 5.41) is 11.0. The molecule has 2 aromatic heterocycles. The molecule has 0 saturated heterocycles. The number of nitrogens with one attached hydrogen (secondary N) is 1. The maximum atomic E-state index is 12.2. The number of nitrogens with zero attached hydrogens (tertiary/aromatic N) is 5. The Morgan fingerprint density at radius 2 is 2.22 bits per heavy atom. The molecule has 0 fully saturated rings. The molecule has 0 spiro atoms. The van der Waals surface area contributed by atoms with Crippen molar-refractivity contribution >= 4 is 6.03 Å². The Bertz CT molecular complexity index is 607. The van der Waals surface area contributed by atoms with Gasteiger partial charge >= 0.3 is 6.03 Å². The van der Waals surface area contributed by atoms with Crippen molar-refractivity contribution in [1.82, 2.24) is 30.1 Å². The number of aromatic nitrogens is 4. The van der Waals surface area contributed by atoms with Crippen LogP contribution in [0.4, 0.5) is 4.79 Å². The van der Waals surface area contributed by atoms with Crippen molar-refractivity contribution < 1.29 is 9.32 Å². The van der Waals surface area contributed by atoms with Crippen LogP contribution in [-0.2, 0) is 19.5 Å². The summed E-state index contributed by atoms with van der Waals surface area (Å²) in [6, 6.07) is 1.63. The molecule has 0 aromatic carbocycles. The van der Waals surface area contributed by atoms with E-state index in [1.54, 1.807) is 17.9 Å². The van der Waals surface area contributed by atoms with Gasteiger partial charge in [0.05, 0.1) is 6.54 Å². The summed E-state index contributed by atoms with van der Waals surface area (Å²) < 4.78 is 6.96. The van der Waals surface area contributed by atoms with Gasteiger partial charge in [-0.3, -0.25) is 4.68 Å². The molecule has 1 N–H and O–H groups in total. The van der Waals surface area contributed by atoms with Crippen molar-refractivity contribution in [1.29, 1.82) is 0 Å². The quantitative estimate of drug-likeness (QED) is 0.838. The van der Waals surface area contributed by atoms with E-state index in [-0.39, 0.29) is 18.6 Å². The highest BCUT2D eigenvalue weighted by atomic mass is 16.5. The van der Waals surface area contributed by atoms with Gasteiger partial charge in [-0.05, 0) is 18.9 Å². The van der Waals surface area contributed by atoms with Crippen LogP contribution in [0.1, 0.15) is 32.5 Å². The number of amides is 2. The maximum absolute atomic E-state index is 12.2. The summed E-state index contributed by atoms with van der Waals surface area (Å²) in [5.41, 5.74) is 0. The summed E-state index contributed by atoms with van der Waals surface area (Å²) >= 11 is 0. The molecule has 8 nitrogen and oxygen atoms in total. The number of urea groups is 1. The summed E-state index contributed by atoms with van der Waals surface area (Å²) in [6.07, 6.45) is 4.34. The van der Waals surface area contributed by atoms with E-state index in [0.717, 1.165) is 6.42 Å². The van der Waals surface area contributed by atoms with E-state index >= 15 is 0 Å². The first-order valence-electron chi connectivity index (χ1n) is 7.74. The number of hydrogen-bond acceptors (Lipinski definition) is 5. The fourth-order valence-corrected chi connectivity index (χ4v) is 2.13. The van der Waals surface area contributed by atoms with E-state index in [1.165, 1.54) is 4.90 Å². The van der Waals surface area contributed by atoms with Gasteiger partial charge in [-0.2, -0.15) is 10.1 Å². The predicted octanol–water partition coefficient (Wildman–Crippen LogP) is 1.69. The van der Waals surface area contributed by atoms with Crippen LogP contribution in [0.5, 0.6) is 0 Å². The van der Waals surface area contributed by atoms with E-state index in [4.69, 9.17) is 4.52 Å². The molecular formula is C15H24N6O2. The number of carbonyl (C=O) groups is 1. The van der Waals surface area contributed by atoms with Gasteiger partial charge in [0, 0.05) is 31.9 Å². The fourth-order valence-electron chi connectivity index (χ4n) is 2.13. The molecule has 1 atom stereocenters. The van der Waals surface area contributed by atoms with Crippen molar-refractivity contribution in [2.45, 2.75) is 46.3 Å². The van der Waals surface area contributed by atoms with Gasteiger partial charge in [-0.1, -0.05) is 19.0 Å². The zero-order chi connectivity index (χ0) is 16.8. The van der Waals surface area contributed by atoms with Crippen molar-refractivity contribution in [3.05, 3.63) is 30.2 Å². The first-order chi connectivity index (χ1) is 10.9. The van der Waals surface area contributed by atoms with Gasteiger partial charge in [0.25, 0.3) is 0 Å². The van der Waals surface area contributed by atoms with Crippen LogP contribution in [-0.4, -0.2) is 43.9 Å². The molecule has 23 heavy (non-hydrogen) atoms. The molecule has 0 aliphatic heterocycles. The largest absolute Gasteiger partial charge is 0.337 e. The number of rotatable bonds is 7. The van der Waals surface area contributed by atoms with Crippen LogP contribution in [0.15, 0.2) is 23.0 Å². The molecule has 2 amide bonds. The lowest BCUT2D eigenvalue weighted by Gasteiger charge is -2.20. The monoisotopic (exact) mass is 320 g/mol. The van der Waals surface area contributed by atoms with Gasteiger partial charge < -0.3 is 14.7 Å².